The van der Waals surface area contributed by atoms with Gasteiger partial charge in [-0.1, -0.05) is 30.3 Å². The number of carbonyl (C=O) groups excluding carboxylic acids is 1. The minimum absolute atomic E-state index is 0.202. The van der Waals surface area contributed by atoms with Crippen LogP contribution in [0.4, 0.5) is 10.1 Å². The number of carbonyl (C=O) groups is 1. The van der Waals surface area contributed by atoms with Crippen LogP contribution in [-0.4, -0.2) is 17.9 Å². The highest BCUT2D eigenvalue weighted by atomic mass is 19.1. The lowest BCUT2D eigenvalue weighted by Crippen LogP contribution is -2.26. The maximum absolute atomic E-state index is 13.6. The number of benzene rings is 2. The summed E-state index contributed by atoms with van der Waals surface area (Å²) in [7, 11) is 1.69. The molecule has 0 bridgehead atoms. The van der Waals surface area contributed by atoms with E-state index in [0.29, 0.717) is 16.6 Å². The van der Waals surface area contributed by atoms with Crippen molar-refractivity contribution in [1.29, 1.82) is 0 Å². The Labute approximate surface area is 115 Å². The van der Waals surface area contributed by atoms with E-state index in [2.05, 4.69) is 4.98 Å². The zero-order valence-corrected chi connectivity index (χ0v) is 10.9. The molecule has 1 aromatic heterocycles. The van der Waals surface area contributed by atoms with Gasteiger partial charge in [-0.25, -0.2) is 4.39 Å². The highest BCUT2D eigenvalue weighted by Gasteiger charge is 2.16. The number of nitrogens with zero attached hydrogens (tertiary/aromatic N) is 1. The molecule has 1 amide bonds. The fraction of sp³-hybridized carbons (Fsp3) is 0.0625. The Kier molecular flexibility index (Phi) is 2.99. The van der Waals surface area contributed by atoms with E-state index in [-0.39, 0.29) is 11.7 Å². The lowest BCUT2D eigenvalue weighted by atomic mass is 10.2. The van der Waals surface area contributed by atoms with Crippen molar-refractivity contribution in [2.24, 2.45) is 0 Å². The van der Waals surface area contributed by atoms with Crippen LogP contribution < -0.4 is 4.90 Å². The second-order valence-corrected chi connectivity index (χ2v) is 4.59. The van der Waals surface area contributed by atoms with E-state index in [1.54, 1.807) is 25.2 Å². The third-order valence-corrected chi connectivity index (χ3v) is 3.28. The predicted molar refractivity (Wildman–Crippen MR) is 77.4 cm³/mol. The molecule has 0 aliphatic rings. The summed E-state index contributed by atoms with van der Waals surface area (Å²) < 4.78 is 13.6. The van der Waals surface area contributed by atoms with E-state index in [4.69, 9.17) is 0 Å². The summed E-state index contributed by atoms with van der Waals surface area (Å²) in [6.07, 6.45) is 0. The van der Waals surface area contributed by atoms with E-state index in [1.165, 1.54) is 11.0 Å². The maximum atomic E-state index is 13.6. The molecule has 1 N–H and O–H groups in total. The lowest BCUT2D eigenvalue weighted by Gasteiger charge is -2.16. The van der Waals surface area contributed by atoms with Crippen LogP contribution in [0.25, 0.3) is 10.9 Å². The van der Waals surface area contributed by atoms with Crippen molar-refractivity contribution < 1.29 is 9.18 Å². The topological polar surface area (TPSA) is 36.1 Å². The Bertz CT molecular complexity index is 765. The van der Waals surface area contributed by atoms with Crippen molar-refractivity contribution in [3.8, 4) is 0 Å². The molecule has 3 rings (SSSR count). The van der Waals surface area contributed by atoms with Crippen molar-refractivity contribution in [1.82, 2.24) is 4.98 Å². The summed E-state index contributed by atoms with van der Waals surface area (Å²) >= 11 is 0. The van der Waals surface area contributed by atoms with Crippen LogP contribution in [-0.2, 0) is 0 Å². The molecule has 0 aliphatic carbocycles. The van der Waals surface area contributed by atoms with Gasteiger partial charge in [0.15, 0.2) is 0 Å². The van der Waals surface area contributed by atoms with E-state index >= 15 is 0 Å². The molecule has 100 valence electrons. The minimum atomic E-state index is -0.357. The molecule has 1 heterocycles. The summed E-state index contributed by atoms with van der Waals surface area (Å²) in [5, 5.41) is 0.690. The smallest absolute Gasteiger partial charge is 0.274 e. The first-order valence-corrected chi connectivity index (χ1v) is 6.27. The highest BCUT2D eigenvalue weighted by Crippen LogP contribution is 2.21. The van der Waals surface area contributed by atoms with Gasteiger partial charge in [-0.2, -0.15) is 0 Å². The number of hydrogen-bond acceptors (Lipinski definition) is 1. The first-order valence-electron chi connectivity index (χ1n) is 6.27. The molecule has 3 nitrogen and oxygen atoms in total. The van der Waals surface area contributed by atoms with Crippen LogP contribution in [0.1, 0.15) is 10.5 Å². The van der Waals surface area contributed by atoms with Crippen molar-refractivity contribution in [3.63, 3.8) is 0 Å². The molecule has 0 atom stereocenters. The molecule has 0 radical (unpaired) electrons. The number of amides is 1. The normalized spacial score (nSPS) is 10.7. The summed E-state index contributed by atoms with van der Waals surface area (Å²) in [6.45, 7) is 0. The molecule has 0 spiro atoms. The number of aromatic amines is 1. The predicted octanol–water partition coefficient (Wildman–Crippen LogP) is 3.58. The van der Waals surface area contributed by atoms with Crippen molar-refractivity contribution >= 4 is 22.5 Å². The average molecular weight is 268 g/mol. The number of rotatable bonds is 2. The number of H-pyrrole nitrogens is 1. The minimum Gasteiger partial charge on any atom is -0.348 e. The van der Waals surface area contributed by atoms with Gasteiger partial charge in [0, 0.05) is 18.1 Å². The molecular formula is C16H13FN2O. The SMILES string of the molecule is CN(C(=O)c1cc2cccc(F)c2[nH]1)c1ccccc1. The van der Waals surface area contributed by atoms with Crippen LogP contribution >= 0.6 is 0 Å². The van der Waals surface area contributed by atoms with Gasteiger partial charge in [0.05, 0.1) is 5.52 Å². The Morgan fingerprint density at radius 1 is 1.10 bits per heavy atom. The van der Waals surface area contributed by atoms with Gasteiger partial charge in [-0.3, -0.25) is 4.79 Å². The molecule has 4 heteroatoms. The van der Waals surface area contributed by atoms with E-state index in [0.717, 1.165) is 5.69 Å². The van der Waals surface area contributed by atoms with Crippen molar-refractivity contribution in [2.75, 3.05) is 11.9 Å². The lowest BCUT2D eigenvalue weighted by molar-refractivity contribution is 0.0989. The first kappa shape index (κ1) is 12.4. The zero-order valence-electron chi connectivity index (χ0n) is 10.9. The van der Waals surface area contributed by atoms with E-state index in [1.807, 2.05) is 30.3 Å². The summed E-state index contributed by atoms with van der Waals surface area (Å²) in [6, 6.07) is 15.7. The van der Waals surface area contributed by atoms with Crippen LogP contribution in [0.2, 0.25) is 0 Å². The van der Waals surface area contributed by atoms with Crippen LogP contribution in [0.3, 0.4) is 0 Å². The molecule has 0 unspecified atom stereocenters. The number of hydrogen-bond donors (Lipinski definition) is 1. The second-order valence-electron chi connectivity index (χ2n) is 4.59. The summed E-state index contributed by atoms with van der Waals surface area (Å²) in [5.41, 5.74) is 1.52. The number of fused-ring (bicyclic) bond motifs is 1. The van der Waals surface area contributed by atoms with Gasteiger partial charge in [0.1, 0.15) is 11.5 Å². The number of anilines is 1. The average Bonchev–Trinajstić information content (AvgIpc) is 2.92. The molecule has 0 saturated carbocycles. The number of nitrogens with one attached hydrogen (secondary N) is 1. The van der Waals surface area contributed by atoms with Gasteiger partial charge < -0.3 is 9.88 Å². The monoisotopic (exact) mass is 268 g/mol. The zero-order chi connectivity index (χ0) is 14.1. The quantitative estimate of drug-likeness (QED) is 0.757. The van der Waals surface area contributed by atoms with Crippen LogP contribution in [0, 0.1) is 5.82 Å². The summed E-state index contributed by atoms with van der Waals surface area (Å²) in [5.74, 6) is -0.560. The molecule has 0 fully saturated rings. The molecule has 3 aromatic rings. The van der Waals surface area contributed by atoms with Crippen molar-refractivity contribution in [3.05, 3.63) is 66.1 Å². The van der Waals surface area contributed by atoms with Gasteiger partial charge in [0.2, 0.25) is 0 Å². The molecular weight excluding hydrogens is 255 g/mol. The Balaban J connectivity index is 1.99. The first-order chi connectivity index (χ1) is 9.66. The van der Waals surface area contributed by atoms with E-state index in [9.17, 15) is 9.18 Å². The van der Waals surface area contributed by atoms with Gasteiger partial charge in [0.25, 0.3) is 5.91 Å². The Morgan fingerprint density at radius 3 is 2.55 bits per heavy atom. The van der Waals surface area contributed by atoms with Gasteiger partial charge >= 0.3 is 0 Å². The highest BCUT2D eigenvalue weighted by molar-refractivity contribution is 6.07. The van der Waals surface area contributed by atoms with Gasteiger partial charge in [-0.15, -0.1) is 0 Å². The number of aromatic nitrogens is 1. The fourth-order valence-corrected chi connectivity index (χ4v) is 2.18. The summed E-state index contributed by atoms with van der Waals surface area (Å²) in [4.78, 5) is 16.8. The fourth-order valence-electron chi connectivity index (χ4n) is 2.18. The maximum Gasteiger partial charge on any atom is 0.274 e. The largest absolute Gasteiger partial charge is 0.348 e. The number of para-hydroxylation sites is 2. The Morgan fingerprint density at radius 2 is 1.85 bits per heavy atom. The molecule has 2 aromatic carbocycles. The van der Waals surface area contributed by atoms with Gasteiger partial charge in [-0.05, 0) is 24.3 Å². The molecule has 0 saturated heterocycles. The third kappa shape index (κ3) is 2.05. The third-order valence-electron chi connectivity index (χ3n) is 3.28. The van der Waals surface area contributed by atoms with Crippen LogP contribution in [0.5, 0.6) is 0 Å². The Hall–Kier alpha value is -2.62. The van der Waals surface area contributed by atoms with Crippen LogP contribution in [0.15, 0.2) is 54.6 Å². The molecule has 20 heavy (non-hydrogen) atoms. The van der Waals surface area contributed by atoms with E-state index < -0.39 is 0 Å². The molecule has 0 aliphatic heterocycles. The van der Waals surface area contributed by atoms with Crippen molar-refractivity contribution in [2.45, 2.75) is 0 Å². The number of halogens is 1. The standard InChI is InChI=1S/C16H13FN2O/c1-19(12-7-3-2-4-8-12)16(20)14-10-11-6-5-9-13(17)15(11)18-14/h2-10,18H,1H3. The second kappa shape index (κ2) is 4.81.